The largest absolute Gasteiger partial charge is 0.488 e. The third-order valence-electron chi connectivity index (χ3n) is 2.68. The van der Waals surface area contributed by atoms with Gasteiger partial charge in [-0.1, -0.05) is 41.9 Å². The van der Waals surface area contributed by atoms with Crippen LogP contribution in [0.5, 0.6) is 5.75 Å². The van der Waals surface area contributed by atoms with Crippen LogP contribution in [0.2, 0.25) is 5.02 Å². The molecule has 2 aromatic rings. The Bertz CT molecular complexity index is 639. The fourth-order valence-corrected chi connectivity index (χ4v) is 1.85. The summed E-state index contributed by atoms with van der Waals surface area (Å²) in [5.41, 5.74) is 0.214. The van der Waals surface area contributed by atoms with Crippen molar-refractivity contribution in [1.82, 2.24) is 0 Å². The molecule has 2 aromatic carbocycles. The van der Waals surface area contributed by atoms with Crippen LogP contribution >= 0.6 is 11.6 Å². The summed E-state index contributed by atoms with van der Waals surface area (Å²) in [6.45, 7) is 0.0410. The number of benzene rings is 2. The van der Waals surface area contributed by atoms with Crippen LogP contribution in [0.4, 0.5) is 13.2 Å². The lowest BCUT2D eigenvalue weighted by atomic mass is 10.1. The first-order valence-corrected chi connectivity index (χ1v) is 6.33. The monoisotopic (exact) mass is 314 g/mol. The molecule has 0 atom stereocenters. The predicted molar refractivity (Wildman–Crippen MR) is 72.6 cm³/mol. The number of halogens is 4. The number of hydrogen-bond donors (Lipinski definition) is 0. The van der Waals surface area contributed by atoms with E-state index >= 15 is 0 Å². The summed E-state index contributed by atoms with van der Waals surface area (Å²) in [6, 6.07) is 12.3. The molecule has 0 unspecified atom stereocenters. The van der Waals surface area contributed by atoms with E-state index < -0.39 is 17.5 Å². The number of ketones is 1. The van der Waals surface area contributed by atoms with E-state index in [0.717, 1.165) is 11.6 Å². The average molecular weight is 315 g/mol. The summed E-state index contributed by atoms with van der Waals surface area (Å²) in [7, 11) is 0. The molecule has 0 spiro atoms. The van der Waals surface area contributed by atoms with Crippen LogP contribution in [0.3, 0.4) is 0 Å². The van der Waals surface area contributed by atoms with Gasteiger partial charge in [0.15, 0.2) is 0 Å². The molecule has 0 heterocycles. The van der Waals surface area contributed by atoms with Gasteiger partial charge >= 0.3 is 6.18 Å². The van der Waals surface area contributed by atoms with E-state index in [4.69, 9.17) is 16.3 Å². The molecule has 0 saturated carbocycles. The molecular formula is C15H10ClF3O2. The molecule has 21 heavy (non-hydrogen) atoms. The lowest BCUT2D eigenvalue weighted by Gasteiger charge is -2.12. The Hall–Kier alpha value is -2.01. The Kier molecular flexibility index (Phi) is 4.53. The quantitative estimate of drug-likeness (QED) is 0.767. The summed E-state index contributed by atoms with van der Waals surface area (Å²) in [5.74, 6) is -2.14. The van der Waals surface area contributed by atoms with E-state index in [1.54, 1.807) is 24.3 Å². The minimum Gasteiger partial charge on any atom is -0.488 e. The van der Waals surface area contributed by atoms with Gasteiger partial charge in [0.25, 0.3) is 5.78 Å². The number of carbonyl (C=O) groups excluding carboxylic acids is 1. The van der Waals surface area contributed by atoms with Crippen LogP contribution in [0.25, 0.3) is 0 Å². The zero-order valence-electron chi connectivity index (χ0n) is 10.7. The first-order chi connectivity index (χ1) is 9.88. The Morgan fingerprint density at radius 3 is 2.38 bits per heavy atom. The van der Waals surface area contributed by atoms with Crippen LogP contribution in [0, 0.1) is 0 Å². The van der Waals surface area contributed by atoms with E-state index in [9.17, 15) is 18.0 Å². The Morgan fingerprint density at radius 1 is 1.10 bits per heavy atom. The second-order valence-electron chi connectivity index (χ2n) is 4.24. The van der Waals surface area contributed by atoms with Crippen molar-refractivity contribution < 1.29 is 22.7 Å². The number of rotatable bonds is 4. The summed E-state index contributed by atoms with van der Waals surface area (Å²) in [6.07, 6.45) is -4.96. The Morgan fingerprint density at radius 2 is 1.76 bits per heavy atom. The smallest absolute Gasteiger partial charge is 0.455 e. The van der Waals surface area contributed by atoms with Gasteiger partial charge in [-0.2, -0.15) is 13.2 Å². The maximum atomic E-state index is 12.5. The van der Waals surface area contributed by atoms with Gasteiger partial charge in [-0.05, 0) is 23.8 Å². The maximum Gasteiger partial charge on any atom is 0.455 e. The summed E-state index contributed by atoms with van der Waals surface area (Å²) < 4.78 is 42.9. The van der Waals surface area contributed by atoms with Gasteiger partial charge < -0.3 is 4.74 Å². The molecule has 2 rings (SSSR count). The molecule has 0 amide bonds. The van der Waals surface area contributed by atoms with Crippen LogP contribution in [0.15, 0.2) is 48.5 Å². The summed E-state index contributed by atoms with van der Waals surface area (Å²) in [4.78, 5) is 11.4. The minimum absolute atomic E-state index is 0.0410. The Balaban J connectivity index is 2.26. The molecule has 0 fully saturated rings. The highest BCUT2D eigenvalue weighted by Crippen LogP contribution is 2.30. The Labute approximate surface area is 124 Å². The van der Waals surface area contributed by atoms with E-state index in [1.165, 1.54) is 12.1 Å². The zero-order valence-corrected chi connectivity index (χ0v) is 11.4. The molecule has 110 valence electrons. The van der Waals surface area contributed by atoms with Crippen LogP contribution in [-0.2, 0) is 6.61 Å². The molecular weight excluding hydrogens is 305 g/mol. The van der Waals surface area contributed by atoms with E-state index in [-0.39, 0.29) is 17.4 Å². The lowest BCUT2D eigenvalue weighted by molar-refractivity contribution is -0.0886. The van der Waals surface area contributed by atoms with E-state index in [2.05, 4.69) is 0 Å². The van der Waals surface area contributed by atoms with Crippen molar-refractivity contribution in [2.75, 3.05) is 0 Å². The number of hydrogen-bond acceptors (Lipinski definition) is 2. The summed E-state index contributed by atoms with van der Waals surface area (Å²) >= 11 is 5.74. The number of alkyl halides is 3. The van der Waals surface area contributed by atoms with Crippen molar-refractivity contribution in [1.29, 1.82) is 0 Å². The second kappa shape index (κ2) is 6.18. The molecule has 0 aliphatic heterocycles. The normalized spacial score (nSPS) is 11.2. The summed E-state index contributed by atoms with van der Waals surface area (Å²) in [5, 5.41) is 0.191. The van der Waals surface area contributed by atoms with E-state index in [0.29, 0.717) is 0 Å². The maximum absolute atomic E-state index is 12.5. The molecule has 2 nitrogen and oxygen atoms in total. The van der Waals surface area contributed by atoms with Crippen molar-refractivity contribution in [2.24, 2.45) is 0 Å². The number of carbonyl (C=O) groups is 1. The molecule has 0 aliphatic rings. The fourth-order valence-electron chi connectivity index (χ4n) is 1.69. The third-order valence-corrected chi connectivity index (χ3v) is 2.92. The fraction of sp³-hybridized carbons (Fsp3) is 0.133. The van der Waals surface area contributed by atoms with Gasteiger partial charge in [0.2, 0.25) is 0 Å². The molecule has 0 saturated heterocycles. The van der Waals surface area contributed by atoms with Crippen molar-refractivity contribution in [3.05, 3.63) is 64.7 Å². The first-order valence-electron chi connectivity index (χ1n) is 5.96. The average Bonchev–Trinajstić information content (AvgIpc) is 2.45. The molecule has 0 radical (unpaired) electrons. The van der Waals surface area contributed by atoms with E-state index in [1.807, 2.05) is 6.07 Å². The van der Waals surface area contributed by atoms with Crippen LogP contribution in [-0.4, -0.2) is 12.0 Å². The molecule has 6 heteroatoms. The van der Waals surface area contributed by atoms with Gasteiger partial charge in [-0.3, -0.25) is 4.79 Å². The first kappa shape index (κ1) is 15.4. The predicted octanol–water partition coefficient (Wildman–Crippen LogP) is 4.66. The minimum atomic E-state index is -4.96. The number of ether oxygens (including phenoxy) is 1. The van der Waals surface area contributed by atoms with Crippen LogP contribution < -0.4 is 4.74 Å². The zero-order chi connectivity index (χ0) is 15.5. The van der Waals surface area contributed by atoms with Gasteiger partial charge in [-0.15, -0.1) is 0 Å². The standard InChI is InChI=1S/C15H10ClF3O2/c16-11-6-7-12(14(20)15(17,18)19)13(8-11)21-9-10-4-2-1-3-5-10/h1-8H,9H2. The highest BCUT2D eigenvalue weighted by Gasteiger charge is 2.40. The van der Waals surface area contributed by atoms with Gasteiger partial charge in [0, 0.05) is 5.02 Å². The molecule has 0 N–H and O–H groups in total. The van der Waals surface area contributed by atoms with Gasteiger partial charge in [-0.25, -0.2) is 0 Å². The van der Waals surface area contributed by atoms with Gasteiger partial charge in [0.1, 0.15) is 12.4 Å². The highest BCUT2D eigenvalue weighted by atomic mass is 35.5. The molecule has 0 bridgehead atoms. The van der Waals surface area contributed by atoms with Gasteiger partial charge in [0.05, 0.1) is 5.56 Å². The van der Waals surface area contributed by atoms with Crippen molar-refractivity contribution >= 4 is 17.4 Å². The van der Waals surface area contributed by atoms with Crippen molar-refractivity contribution in [3.8, 4) is 5.75 Å². The lowest BCUT2D eigenvalue weighted by Crippen LogP contribution is -2.23. The van der Waals surface area contributed by atoms with Crippen LogP contribution in [0.1, 0.15) is 15.9 Å². The highest BCUT2D eigenvalue weighted by molar-refractivity contribution is 6.30. The molecule has 0 aliphatic carbocycles. The third kappa shape index (κ3) is 3.98. The topological polar surface area (TPSA) is 26.3 Å². The number of Topliss-reactive ketones (excluding diaryl/α,β-unsaturated/α-hetero) is 1. The van der Waals surface area contributed by atoms with Crippen molar-refractivity contribution in [2.45, 2.75) is 12.8 Å². The SMILES string of the molecule is O=C(c1ccc(Cl)cc1OCc1ccccc1)C(F)(F)F. The van der Waals surface area contributed by atoms with Crippen molar-refractivity contribution in [3.63, 3.8) is 0 Å². The second-order valence-corrected chi connectivity index (χ2v) is 4.68. The molecule has 0 aromatic heterocycles.